The SMILES string of the molecule is O=C([O-])Cc1csc(Nc2cccc(C(F)(F)F)c2)n1. The standard InChI is InChI=1S/C12H9F3N2O2S/c13-12(14,15)7-2-1-3-8(4-7)16-11-17-9(6-20-11)5-10(18)19/h1-4,6H,5H2,(H,16,17)(H,18,19)/p-1. The van der Waals surface area contributed by atoms with E-state index in [1.165, 1.54) is 17.5 Å². The van der Waals surface area contributed by atoms with Gasteiger partial charge in [-0.05, 0) is 18.2 Å². The summed E-state index contributed by atoms with van der Waals surface area (Å²) in [5.41, 5.74) is -0.243. The Labute approximate surface area is 115 Å². The van der Waals surface area contributed by atoms with Crippen LogP contribution in [0, 0.1) is 0 Å². The molecule has 1 aromatic carbocycles. The van der Waals surface area contributed by atoms with Gasteiger partial charge >= 0.3 is 6.18 Å². The number of aliphatic carboxylic acids is 1. The van der Waals surface area contributed by atoms with Gasteiger partial charge in [0.25, 0.3) is 0 Å². The summed E-state index contributed by atoms with van der Waals surface area (Å²) in [7, 11) is 0. The molecule has 2 rings (SSSR count). The van der Waals surface area contributed by atoms with Gasteiger partial charge in [0, 0.05) is 23.5 Å². The summed E-state index contributed by atoms with van der Waals surface area (Å²) in [4.78, 5) is 14.3. The van der Waals surface area contributed by atoms with Crippen LogP contribution in [0.25, 0.3) is 0 Å². The molecular weight excluding hydrogens is 293 g/mol. The van der Waals surface area contributed by atoms with E-state index >= 15 is 0 Å². The van der Waals surface area contributed by atoms with Gasteiger partial charge in [-0.25, -0.2) is 4.98 Å². The number of nitrogens with one attached hydrogen (secondary N) is 1. The van der Waals surface area contributed by atoms with Crippen molar-refractivity contribution in [1.82, 2.24) is 4.98 Å². The first kappa shape index (κ1) is 14.3. The lowest BCUT2D eigenvalue weighted by atomic mass is 10.2. The van der Waals surface area contributed by atoms with Crippen LogP contribution in [0.15, 0.2) is 29.6 Å². The first-order valence-corrected chi connectivity index (χ1v) is 6.31. The van der Waals surface area contributed by atoms with Gasteiger partial charge in [0.1, 0.15) is 0 Å². The maximum atomic E-state index is 12.5. The van der Waals surface area contributed by atoms with Crippen LogP contribution in [0.2, 0.25) is 0 Å². The normalized spacial score (nSPS) is 11.3. The number of carbonyl (C=O) groups is 1. The van der Waals surface area contributed by atoms with Crippen molar-refractivity contribution in [2.45, 2.75) is 12.6 Å². The first-order chi connectivity index (χ1) is 9.34. The van der Waals surface area contributed by atoms with Gasteiger partial charge < -0.3 is 15.2 Å². The summed E-state index contributed by atoms with van der Waals surface area (Å²) in [5, 5.41) is 14.9. The molecule has 0 bridgehead atoms. The Morgan fingerprint density at radius 2 is 2.15 bits per heavy atom. The molecule has 8 heteroatoms. The smallest absolute Gasteiger partial charge is 0.416 e. The Bertz CT molecular complexity index is 625. The third-order valence-electron chi connectivity index (χ3n) is 2.32. The lowest BCUT2D eigenvalue weighted by Crippen LogP contribution is -2.24. The van der Waals surface area contributed by atoms with Crippen molar-refractivity contribution in [2.24, 2.45) is 0 Å². The Hall–Kier alpha value is -2.09. The van der Waals surface area contributed by atoms with E-state index in [0.717, 1.165) is 23.5 Å². The van der Waals surface area contributed by atoms with Crippen LogP contribution in [-0.2, 0) is 17.4 Å². The minimum absolute atomic E-state index is 0.231. The van der Waals surface area contributed by atoms with E-state index in [4.69, 9.17) is 0 Å². The number of alkyl halides is 3. The third-order valence-corrected chi connectivity index (χ3v) is 3.12. The van der Waals surface area contributed by atoms with Crippen LogP contribution < -0.4 is 10.4 Å². The number of carboxylic acid groups (broad SMARTS) is 1. The molecule has 0 aliphatic carbocycles. The quantitative estimate of drug-likeness (QED) is 0.940. The molecule has 0 amide bonds. The number of aromatic nitrogens is 1. The van der Waals surface area contributed by atoms with E-state index in [-0.39, 0.29) is 12.1 Å². The number of halogens is 3. The molecule has 1 N–H and O–H groups in total. The van der Waals surface area contributed by atoms with Gasteiger partial charge in [-0.1, -0.05) is 6.07 Å². The molecule has 4 nitrogen and oxygen atoms in total. The second-order valence-electron chi connectivity index (χ2n) is 3.90. The molecule has 0 radical (unpaired) electrons. The summed E-state index contributed by atoms with van der Waals surface area (Å²) in [6.07, 6.45) is -4.75. The summed E-state index contributed by atoms with van der Waals surface area (Å²) < 4.78 is 37.6. The van der Waals surface area contributed by atoms with E-state index in [0.29, 0.717) is 10.8 Å². The van der Waals surface area contributed by atoms with Gasteiger partial charge in [-0.3, -0.25) is 0 Å². The Balaban J connectivity index is 2.14. The second kappa shape index (κ2) is 5.49. The topological polar surface area (TPSA) is 65.0 Å². The number of hydrogen-bond donors (Lipinski definition) is 1. The molecule has 2 aromatic rings. The van der Waals surface area contributed by atoms with Crippen LogP contribution in [0.5, 0.6) is 0 Å². The third kappa shape index (κ3) is 3.70. The summed E-state index contributed by atoms with van der Waals surface area (Å²) >= 11 is 1.11. The van der Waals surface area contributed by atoms with Crippen LogP contribution >= 0.6 is 11.3 Å². The largest absolute Gasteiger partial charge is 0.550 e. The predicted octanol–water partition coefficient (Wildman–Crippen LogP) is 2.20. The lowest BCUT2D eigenvalue weighted by molar-refractivity contribution is -0.304. The van der Waals surface area contributed by atoms with Gasteiger partial charge in [0.05, 0.1) is 11.3 Å². The fourth-order valence-corrected chi connectivity index (χ4v) is 2.22. The van der Waals surface area contributed by atoms with Gasteiger partial charge in [-0.2, -0.15) is 13.2 Å². The van der Waals surface area contributed by atoms with E-state index in [1.54, 1.807) is 0 Å². The van der Waals surface area contributed by atoms with Gasteiger partial charge in [0.15, 0.2) is 5.13 Å². The average molecular weight is 301 g/mol. The molecule has 106 valence electrons. The van der Waals surface area contributed by atoms with Crippen molar-refractivity contribution in [1.29, 1.82) is 0 Å². The molecule has 0 unspecified atom stereocenters. The van der Waals surface area contributed by atoms with E-state index in [2.05, 4.69) is 10.3 Å². The highest BCUT2D eigenvalue weighted by Crippen LogP contribution is 2.31. The van der Waals surface area contributed by atoms with Gasteiger partial charge in [-0.15, -0.1) is 11.3 Å². The number of carbonyl (C=O) groups excluding carboxylic acids is 1. The molecule has 20 heavy (non-hydrogen) atoms. The molecule has 1 aromatic heterocycles. The van der Waals surface area contributed by atoms with Gasteiger partial charge in [0.2, 0.25) is 0 Å². The number of carboxylic acids is 1. The monoisotopic (exact) mass is 301 g/mol. The number of thiazole rings is 1. The minimum Gasteiger partial charge on any atom is -0.550 e. The molecule has 0 saturated heterocycles. The number of hydrogen-bond acceptors (Lipinski definition) is 5. The maximum Gasteiger partial charge on any atom is 0.416 e. The zero-order chi connectivity index (χ0) is 14.8. The Kier molecular flexibility index (Phi) is 3.93. The molecule has 0 aliphatic rings. The molecule has 0 saturated carbocycles. The first-order valence-electron chi connectivity index (χ1n) is 5.43. The zero-order valence-electron chi connectivity index (χ0n) is 9.90. The summed E-state index contributed by atoms with van der Waals surface area (Å²) in [6, 6.07) is 4.67. The van der Waals surface area contributed by atoms with Crippen LogP contribution in [0.4, 0.5) is 24.0 Å². The highest BCUT2D eigenvalue weighted by molar-refractivity contribution is 7.13. The molecule has 0 aliphatic heterocycles. The maximum absolute atomic E-state index is 12.5. The number of rotatable bonds is 4. The molecule has 0 atom stereocenters. The van der Waals surface area contributed by atoms with Crippen molar-refractivity contribution in [2.75, 3.05) is 5.32 Å². The number of benzene rings is 1. The van der Waals surface area contributed by atoms with Crippen molar-refractivity contribution < 1.29 is 23.1 Å². The highest BCUT2D eigenvalue weighted by atomic mass is 32.1. The lowest BCUT2D eigenvalue weighted by Gasteiger charge is -2.08. The summed E-state index contributed by atoms with van der Waals surface area (Å²) in [6.45, 7) is 0. The van der Waals surface area contributed by atoms with Crippen molar-refractivity contribution >= 4 is 28.1 Å². The molecule has 1 heterocycles. The highest BCUT2D eigenvalue weighted by Gasteiger charge is 2.30. The van der Waals surface area contributed by atoms with Crippen molar-refractivity contribution in [3.8, 4) is 0 Å². The van der Waals surface area contributed by atoms with Crippen LogP contribution in [0.3, 0.4) is 0 Å². The number of anilines is 2. The van der Waals surface area contributed by atoms with E-state index < -0.39 is 17.7 Å². The second-order valence-corrected chi connectivity index (χ2v) is 4.75. The van der Waals surface area contributed by atoms with E-state index in [9.17, 15) is 23.1 Å². The molecule has 0 spiro atoms. The molecular formula is C12H8F3N2O2S-. The average Bonchev–Trinajstić information content (AvgIpc) is 2.75. The summed E-state index contributed by atoms with van der Waals surface area (Å²) in [5.74, 6) is -1.26. The van der Waals surface area contributed by atoms with Crippen LogP contribution in [-0.4, -0.2) is 11.0 Å². The van der Waals surface area contributed by atoms with Crippen molar-refractivity contribution in [3.63, 3.8) is 0 Å². The Morgan fingerprint density at radius 3 is 2.80 bits per heavy atom. The zero-order valence-corrected chi connectivity index (χ0v) is 10.7. The fraction of sp³-hybridized carbons (Fsp3) is 0.167. The number of nitrogens with zero attached hydrogens (tertiary/aromatic N) is 1. The fourth-order valence-electron chi connectivity index (χ4n) is 1.49. The Morgan fingerprint density at radius 1 is 1.40 bits per heavy atom. The van der Waals surface area contributed by atoms with Crippen LogP contribution in [0.1, 0.15) is 11.3 Å². The predicted molar refractivity (Wildman–Crippen MR) is 65.6 cm³/mol. The van der Waals surface area contributed by atoms with E-state index in [1.807, 2.05) is 0 Å². The molecule has 0 fully saturated rings. The minimum atomic E-state index is -4.42. The van der Waals surface area contributed by atoms with Crippen molar-refractivity contribution in [3.05, 3.63) is 40.9 Å².